The molecule has 168 valence electrons. The second-order valence-electron chi connectivity index (χ2n) is 5.25. The van der Waals surface area contributed by atoms with Crippen LogP contribution in [0.3, 0.4) is 0 Å². The summed E-state index contributed by atoms with van der Waals surface area (Å²) in [6, 6.07) is 0. The minimum Gasteiger partial charge on any atom is -0.736 e. The fourth-order valence-corrected chi connectivity index (χ4v) is 2.07. The van der Waals surface area contributed by atoms with Gasteiger partial charge in [0, 0.05) is 0 Å². The molecule has 0 spiro atoms. The van der Waals surface area contributed by atoms with E-state index in [1.807, 2.05) is 0 Å². The van der Waals surface area contributed by atoms with Gasteiger partial charge in [-0.25, -0.2) is 22.0 Å². The van der Waals surface area contributed by atoms with Crippen LogP contribution in [0.15, 0.2) is 0 Å². The molecule has 0 amide bonds. The Hall–Kier alpha value is 1.18. The second kappa shape index (κ2) is 26.2. The van der Waals surface area contributed by atoms with Crippen LogP contribution >= 0.6 is 0 Å². The number of unbranched alkanes of at least 4 members (excludes halogenated alkanes) is 9. The SMILES string of the molecule is CCCCCCCCCCCCOS(=O)(=O)[O-].NS(=O)(=O)[O-].OB(O)O.[Na+].[Ni+2]. The predicted octanol–water partition coefficient (Wildman–Crippen LogP) is -3.26. The zero-order valence-corrected chi connectivity index (χ0v) is 20.9. The van der Waals surface area contributed by atoms with Gasteiger partial charge in [0.25, 0.3) is 0 Å². The normalized spacial score (nSPS) is 10.2. The Kier molecular flexibility index (Phi) is 37.1. The van der Waals surface area contributed by atoms with E-state index in [-0.39, 0.29) is 52.7 Å². The first kappa shape index (κ1) is 39.6. The summed E-state index contributed by atoms with van der Waals surface area (Å²) in [5.41, 5.74) is 0. The van der Waals surface area contributed by atoms with Crippen LogP contribution in [-0.2, 0) is 41.4 Å². The average Bonchev–Trinajstić information content (AvgIpc) is 2.41. The third-order valence-electron chi connectivity index (χ3n) is 2.73. The van der Waals surface area contributed by atoms with Gasteiger partial charge in [0.2, 0.25) is 10.4 Å². The van der Waals surface area contributed by atoms with Crippen molar-refractivity contribution >= 4 is 28.0 Å². The van der Waals surface area contributed by atoms with Gasteiger partial charge in [0.05, 0.1) is 6.61 Å². The van der Waals surface area contributed by atoms with E-state index in [9.17, 15) is 13.0 Å². The molecule has 28 heavy (non-hydrogen) atoms. The van der Waals surface area contributed by atoms with Crippen LogP contribution in [0, 0.1) is 0 Å². The number of nitrogens with two attached hydrogens (primary N) is 1. The van der Waals surface area contributed by atoms with Gasteiger partial charge in [-0.1, -0.05) is 64.7 Å². The standard InChI is InChI=1S/C12H26O4S.BH3O3.H3NO3S.Na.Ni/c1-2-3-4-5-6-7-8-9-10-11-12-16-17(13,14)15;2-1(3)4;1-5(2,3)4;;/h2-12H2,1H3,(H,13,14,15);2-4H;(H3,1,2,3,4);;/q;;;+1;+2/p-2. The molecular weight excluding hydrogens is 475 g/mol. The van der Waals surface area contributed by atoms with Crippen LogP contribution in [-0.4, -0.2) is 54.9 Å². The first-order valence-electron chi connectivity index (χ1n) is 8.17. The zero-order chi connectivity index (χ0) is 21.1. The molecular formula is C12H30BNNaNiO10S2+. The topological polar surface area (TPSA) is 210 Å². The molecule has 0 bridgehead atoms. The molecule has 0 fully saturated rings. The molecule has 0 aliphatic rings. The fraction of sp³-hybridized carbons (Fsp3) is 1.00. The smallest absolute Gasteiger partial charge is 0.736 e. The molecule has 0 saturated carbocycles. The minimum atomic E-state index is -4.48. The van der Waals surface area contributed by atoms with Gasteiger partial charge in [0.1, 0.15) is 0 Å². The van der Waals surface area contributed by atoms with Gasteiger partial charge in [-0.3, -0.25) is 4.18 Å². The van der Waals surface area contributed by atoms with Gasteiger partial charge in [0.15, 0.2) is 10.3 Å². The summed E-state index contributed by atoms with van der Waals surface area (Å²) in [4.78, 5) is 0. The molecule has 0 heterocycles. The maximum Gasteiger partial charge on any atom is 2.00 e. The van der Waals surface area contributed by atoms with E-state index in [1.54, 1.807) is 0 Å². The van der Waals surface area contributed by atoms with Crippen molar-refractivity contribution in [3.8, 4) is 0 Å². The molecule has 0 atom stereocenters. The molecule has 5 N–H and O–H groups in total. The number of hydrogen-bond donors (Lipinski definition) is 4. The molecule has 0 rings (SSSR count). The number of rotatable bonds is 12. The minimum absolute atomic E-state index is 0. The van der Waals surface area contributed by atoms with Crippen LogP contribution in [0.2, 0.25) is 0 Å². The van der Waals surface area contributed by atoms with E-state index >= 15 is 0 Å². The molecule has 0 aromatic carbocycles. The molecule has 0 saturated heterocycles. The van der Waals surface area contributed by atoms with Crippen molar-refractivity contribution in [1.29, 1.82) is 0 Å². The molecule has 0 aliphatic heterocycles. The maximum atomic E-state index is 10.1. The largest absolute Gasteiger partial charge is 2.00 e. The van der Waals surface area contributed by atoms with Crippen molar-refractivity contribution in [2.75, 3.05) is 6.61 Å². The first-order chi connectivity index (χ1) is 11.8. The summed E-state index contributed by atoms with van der Waals surface area (Å²) in [5, 5.41) is 25.3. The third kappa shape index (κ3) is 80.8. The van der Waals surface area contributed by atoms with E-state index in [2.05, 4.69) is 16.2 Å². The van der Waals surface area contributed by atoms with E-state index < -0.39 is 28.0 Å². The monoisotopic (exact) mass is 504 g/mol. The zero-order valence-electron chi connectivity index (χ0n) is 16.3. The molecule has 0 aromatic rings. The third-order valence-corrected chi connectivity index (χ3v) is 3.18. The van der Waals surface area contributed by atoms with Crippen LogP contribution in [0.4, 0.5) is 0 Å². The van der Waals surface area contributed by atoms with E-state index in [4.69, 9.17) is 28.0 Å². The molecule has 0 aromatic heterocycles. The van der Waals surface area contributed by atoms with Gasteiger partial charge >= 0.3 is 53.4 Å². The Labute approximate surface area is 201 Å². The Morgan fingerprint density at radius 3 is 1.32 bits per heavy atom. The van der Waals surface area contributed by atoms with Crippen LogP contribution in [0.1, 0.15) is 71.1 Å². The Balaban J connectivity index is -0.000000134. The molecule has 11 nitrogen and oxygen atoms in total. The summed E-state index contributed by atoms with van der Waals surface area (Å²) in [5.74, 6) is 0. The molecule has 0 unspecified atom stereocenters. The van der Waals surface area contributed by atoms with E-state index in [0.29, 0.717) is 6.42 Å². The summed E-state index contributed by atoms with van der Waals surface area (Å²) < 4.78 is 61.0. The van der Waals surface area contributed by atoms with Crippen molar-refractivity contribution in [3.05, 3.63) is 0 Å². The summed E-state index contributed by atoms with van der Waals surface area (Å²) in [7, 11) is -11.1. The average molecular weight is 505 g/mol. The summed E-state index contributed by atoms with van der Waals surface area (Å²) >= 11 is 0. The van der Waals surface area contributed by atoms with Crippen LogP contribution in [0.25, 0.3) is 0 Å². The number of hydrogen-bond acceptors (Lipinski definition) is 10. The first-order valence-corrected chi connectivity index (χ1v) is 11.0. The maximum absolute atomic E-state index is 10.1. The molecule has 0 radical (unpaired) electrons. The molecule has 0 aliphatic carbocycles. The van der Waals surface area contributed by atoms with Crippen LogP contribution < -0.4 is 34.7 Å². The van der Waals surface area contributed by atoms with Gasteiger partial charge in [-0.15, -0.1) is 0 Å². The Morgan fingerprint density at radius 1 is 0.821 bits per heavy atom. The fourth-order valence-electron chi connectivity index (χ4n) is 1.75. The van der Waals surface area contributed by atoms with Crippen molar-refractivity contribution in [3.63, 3.8) is 0 Å². The Morgan fingerprint density at radius 2 is 1.07 bits per heavy atom. The predicted molar refractivity (Wildman–Crippen MR) is 93.8 cm³/mol. The van der Waals surface area contributed by atoms with Crippen molar-refractivity contribution in [1.82, 2.24) is 0 Å². The molecule has 16 heteroatoms. The van der Waals surface area contributed by atoms with Gasteiger partial charge < -0.3 is 24.2 Å². The van der Waals surface area contributed by atoms with Crippen molar-refractivity contribution in [2.45, 2.75) is 71.1 Å². The Bertz CT molecular complexity index is 486. The van der Waals surface area contributed by atoms with Crippen LogP contribution in [0.5, 0.6) is 0 Å². The van der Waals surface area contributed by atoms with E-state index in [1.165, 1.54) is 44.9 Å². The summed E-state index contributed by atoms with van der Waals surface area (Å²) in [6.45, 7) is 2.24. The van der Waals surface area contributed by atoms with E-state index in [0.717, 1.165) is 12.8 Å². The van der Waals surface area contributed by atoms with Crippen molar-refractivity contribution in [2.24, 2.45) is 5.14 Å². The quantitative estimate of drug-likeness (QED) is 0.0901. The van der Waals surface area contributed by atoms with Crippen molar-refractivity contribution < 1.29 is 91.2 Å². The summed E-state index contributed by atoms with van der Waals surface area (Å²) in [6.07, 6.45) is 11.7. The van der Waals surface area contributed by atoms with Gasteiger partial charge in [-0.2, -0.15) is 0 Å². The van der Waals surface area contributed by atoms with Gasteiger partial charge in [-0.05, 0) is 6.42 Å². The second-order valence-corrected chi connectivity index (χ2v) is 7.29.